The third-order valence-electron chi connectivity index (χ3n) is 8.52. The van der Waals surface area contributed by atoms with E-state index in [0.29, 0.717) is 6.04 Å². The molecule has 2 heteroatoms. The fraction of sp³-hybridized carbons (Fsp3) is 0.897. The molecule has 1 atom stereocenters. The van der Waals surface area contributed by atoms with Gasteiger partial charge in [0.1, 0.15) is 0 Å². The molecule has 41 heavy (non-hydrogen) atoms. The van der Waals surface area contributed by atoms with Crippen molar-refractivity contribution in [3.8, 4) is 0 Å². The summed E-state index contributed by atoms with van der Waals surface area (Å²) in [6.07, 6.45) is 48.4. The van der Waals surface area contributed by atoms with Crippen LogP contribution in [0.3, 0.4) is 0 Å². The molecule has 2 nitrogen and oxygen atoms in total. The zero-order valence-electron chi connectivity index (χ0n) is 28.8. The third-order valence-corrected chi connectivity index (χ3v) is 8.52. The maximum absolute atomic E-state index is 6.16. The van der Waals surface area contributed by atoms with Gasteiger partial charge in [-0.2, -0.15) is 0 Å². The second-order valence-electron chi connectivity index (χ2n) is 13.2. The molecule has 244 valence electrons. The van der Waals surface area contributed by atoms with Crippen molar-refractivity contribution in [2.75, 3.05) is 19.6 Å². The lowest BCUT2D eigenvalue weighted by Gasteiger charge is -2.24. The Balaban J connectivity index is 3.55. The number of rotatable bonds is 34. The average Bonchev–Trinajstić information content (AvgIpc) is 2.96. The maximum atomic E-state index is 6.16. The van der Waals surface area contributed by atoms with Crippen molar-refractivity contribution in [2.24, 2.45) is 5.73 Å². The first-order valence-electron chi connectivity index (χ1n) is 19.0. The highest BCUT2D eigenvalue weighted by Gasteiger charge is 2.07. The molecule has 0 bridgehead atoms. The quantitative estimate of drug-likeness (QED) is 0.0611. The monoisotopic (exact) mass is 575 g/mol. The van der Waals surface area contributed by atoms with Crippen LogP contribution in [0.1, 0.15) is 201 Å². The minimum atomic E-state index is 0.290. The summed E-state index contributed by atoms with van der Waals surface area (Å²) in [5.41, 5.74) is 6.16. The van der Waals surface area contributed by atoms with E-state index in [1.54, 1.807) is 0 Å². The number of nitrogens with zero attached hydrogens (tertiary/aromatic N) is 1. The van der Waals surface area contributed by atoms with E-state index >= 15 is 0 Å². The van der Waals surface area contributed by atoms with Crippen LogP contribution in [-0.2, 0) is 0 Å². The van der Waals surface area contributed by atoms with Crippen molar-refractivity contribution in [1.29, 1.82) is 0 Å². The van der Waals surface area contributed by atoms with Gasteiger partial charge < -0.3 is 10.6 Å². The van der Waals surface area contributed by atoms with Crippen LogP contribution in [-0.4, -0.2) is 30.6 Å². The smallest absolute Gasteiger partial charge is 0.0139 e. The van der Waals surface area contributed by atoms with Crippen LogP contribution in [0.4, 0.5) is 0 Å². The Morgan fingerprint density at radius 1 is 0.415 bits per heavy atom. The van der Waals surface area contributed by atoms with Crippen LogP contribution in [0.25, 0.3) is 0 Å². The molecule has 0 aliphatic heterocycles. The predicted octanol–water partition coefficient (Wildman–Crippen LogP) is 12.7. The van der Waals surface area contributed by atoms with Gasteiger partial charge >= 0.3 is 0 Å². The Morgan fingerprint density at radius 2 is 0.683 bits per heavy atom. The number of hydrogen-bond acceptors (Lipinski definition) is 2. The molecule has 0 aliphatic carbocycles. The highest BCUT2D eigenvalue weighted by molar-refractivity contribution is 4.82. The largest absolute Gasteiger partial charge is 0.327 e. The third kappa shape index (κ3) is 35.5. The molecule has 0 aromatic heterocycles. The van der Waals surface area contributed by atoms with E-state index in [1.165, 1.54) is 193 Å². The van der Waals surface area contributed by atoms with Crippen LogP contribution >= 0.6 is 0 Å². The first-order chi connectivity index (χ1) is 20.2. The molecule has 0 spiro atoms. The summed E-state index contributed by atoms with van der Waals surface area (Å²) in [6, 6.07) is 0.290. The normalized spacial score (nSPS) is 12.9. The standard InChI is InChI=1S/C39H78N2/c1-4-6-8-10-12-14-16-18-20-22-24-26-28-30-32-34-36-41(38-39(3)40)37-35-33-31-29-27-25-23-21-19-17-15-13-11-9-7-5-2/h18-21,39H,4-17,22-38,40H2,1-3H3/b20-18-,21-19-. The van der Waals surface area contributed by atoms with E-state index in [2.05, 4.69) is 50.0 Å². The summed E-state index contributed by atoms with van der Waals surface area (Å²) < 4.78 is 0. The van der Waals surface area contributed by atoms with Crippen LogP contribution in [0.5, 0.6) is 0 Å². The molecule has 0 aliphatic rings. The molecule has 0 saturated heterocycles. The first-order valence-corrected chi connectivity index (χ1v) is 19.0. The summed E-state index contributed by atoms with van der Waals surface area (Å²) >= 11 is 0. The first kappa shape index (κ1) is 40.4. The average molecular weight is 575 g/mol. The van der Waals surface area contributed by atoms with E-state index in [4.69, 9.17) is 5.73 Å². The van der Waals surface area contributed by atoms with Gasteiger partial charge in [-0.25, -0.2) is 0 Å². The molecular formula is C39H78N2. The van der Waals surface area contributed by atoms with Crippen molar-refractivity contribution >= 4 is 0 Å². The Morgan fingerprint density at radius 3 is 0.976 bits per heavy atom. The Labute approximate surface area is 260 Å². The summed E-state index contributed by atoms with van der Waals surface area (Å²) in [4.78, 5) is 2.65. The molecule has 0 amide bonds. The Hall–Kier alpha value is -0.600. The maximum Gasteiger partial charge on any atom is 0.0139 e. The van der Waals surface area contributed by atoms with Crippen molar-refractivity contribution in [3.63, 3.8) is 0 Å². The lowest BCUT2D eigenvalue weighted by molar-refractivity contribution is 0.249. The van der Waals surface area contributed by atoms with Gasteiger partial charge in [-0.3, -0.25) is 0 Å². The zero-order valence-corrected chi connectivity index (χ0v) is 28.8. The van der Waals surface area contributed by atoms with Gasteiger partial charge in [0.2, 0.25) is 0 Å². The van der Waals surface area contributed by atoms with E-state index in [0.717, 1.165) is 6.54 Å². The zero-order chi connectivity index (χ0) is 29.9. The van der Waals surface area contributed by atoms with Gasteiger partial charge in [-0.15, -0.1) is 0 Å². The molecule has 0 radical (unpaired) electrons. The SMILES string of the molecule is CCCCCCCC/C=C\CCCCCCCCN(CCCCCCCC/C=C\CCCCCCCC)CC(C)N. The molecule has 0 rings (SSSR count). The van der Waals surface area contributed by atoms with Gasteiger partial charge in [0.15, 0.2) is 0 Å². The number of hydrogen-bond donors (Lipinski definition) is 1. The minimum Gasteiger partial charge on any atom is -0.327 e. The van der Waals surface area contributed by atoms with Crippen molar-refractivity contribution < 1.29 is 0 Å². The Bertz CT molecular complexity index is 482. The topological polar surface area (TPSA) is 29.3 Å². The van der Waals surface area contributed by atoms with Gasteiger partial charge in [0.25, 0.3) is 0 Å². The minimum absolute atomic E-state index is 0.290. The Kier molecular flexibility index (Phi) is 35.1. The van der Waals surface area contributed by atoms with E-state index in [1.807, 2.05) is 0 Å². The fourth-order valence-electron chi connectivity index (χ4n) is 5.87. The summed E-state index contributed by atoms with van der Waals surface area (Å²) in [6.45, 7) is 10.3. The molecule has 0 saturated carbocycles. The lowest BCUT2D eigenvalue weighted by atomic mass is 10.1. The summed E-state index contributed by atoms with van der Waals surface area (Å²) in [5.74, 6) is 0. The second kappa shape index (κ2) is 35.6. The highest BCUT2D eigenvalue weighted by Crippen LogP contribution is 2.13. The van der Waals surface area contributed by atoms with Crippen molar-refractivity contribution in [1.82, 2.24) is 4.90 Å². The fourth-order valence-corrected chi connectivity index (χ4v) is 5.87. The number of allylic oxidation sites excluding steroid dienone is 4. The lowest BCUT2D eigenvalue weighted by Crippen LogP contribution is -2.36. The van der Waals surface area contributed by atoms with Gasteiger partial charge in [-0.05, 0) is 84.2 Å². The van der Waals surface area contributed by atoms with Crippen molar-refractivity contribution in [3.05, 3.63) is 24.3 Å². The van der Waals surface area contributed by atoms with Crippen LogP contribution in [0, 0.1) is 0 Å². The molecule has 0 fully saturated rings. The van der Waals surface area contributed by atoms with Crippen LogP contribution in [0.15, 0.2) is 24.3 Å². The van der Waals surface area contributed by atoms with Crippen molar-refractivity contribution in [2.45, 2.75) is 207 Å². The number of unbranched alkanes of at least 4 members (excludes halogenated alkanes) is 24. The molecular weight excluding hydrogens is 496 g/mol. The molecule has 1 unspecified atom stereocenters. The van der Waals surface area contributed by atoms with Gasteiger partial charge in [0.05, 0.1) is 0 Å². The molecule has 0 aromatic rings. The molecule has 0 heterocycles. The van der Waals surface area contributed by atoms with Crippen LogP contribution in [0.2, 0.25) is 0 Å². The van der Waals surface area contributed by atoms with Gasteiger partial charge in [0, 0.05) is 12.6 Å². The molecule has 2 N–H and O–H groups in total. The summed E-state index contributed by atoms with van der Waals surface area (Å²) in [5, 5.41) is 0. The second-order valence-corrected chi connectivity index (χ2v) is 13.2. The molecule has 0 aromatic carbocycles. The van der Waals surface area contributed by atoms with E-state index in [9.17, 15) is 0 Å². The van der Waals surface area contributed by atoms with Crippen LogP contribution < -0.4 is 5.73 Å². The highest BCUT2D eigenvalue weighted by atomic mass is 15.1. The number of nitrogens with two attached hydrogens (primary N) is 1. The van der Waals surface area contributed by atoms with Gasteiger partial charge in [-0.1, -0.05) is 154 Å². The van der Waals surface area contributed by atoms with E-state index in [-0.39, 0.29) is 0 Å². The predicted molar refractivity (Wildman–Crippen MR) is 189 cm³/mol. The summed E-state index contributed by atoms with van der Waals surface area (Å²) in [7, 11) is 0. The van der Waals surface area contributed by atoms with E-state index < -0.39 is 0 Å².